The highest BCUT2D eigenvalue weighted by atomic mass is 16.6. The molecule has 0 aliphatic rings. The van der Waals surface area contributed by atoms with Gasteiger partial charge in [-0.3, -0.25) is 9.63 Å². The fraction of sp³-hybridized carbons (Fsp3) is 0.143. The van der Waals surface area contributed by atoms with Crippen LogP contribution in [0.5, 0.6) is 0 Å². The number of aromatic nitrogens is 2. The van der Waals surface area contributed by atoms with Crippen LogP contribution in [0, 0.1) is 0 Å². The molecular weight excluding hydrogens is 158 g/mol. The van der Waals surface area contributed by atoms with Crippen LogP contribution in [-0.2, 0) is 4.84 Å². The quantitative estimate of drug-likeness (QED) is 0.384. The lowest BCUT2D eigenvalue weighted by atomic mass is 10.5. The summed E-state index contributed by atoms with van der Waals surface area (Å²) in [6.45, 7) is 3.70. The Morgan fingerprint density at radius 1 is 1.92 bits per heavy atom. The number of rotatable bonds is 4. The molecular formula is C7H9N3O2. The lowest BCUT2D eigenvalue weighted by Gasteiger charge is -2.00. The second-order valence-corrected chi connectivity index (χ2v) is 2.00. The number of nitrogens with one attached hydrogen (secondary N) is 2. The Morgan fingerprint density at radius 3 is 3.33 bits per heavy atom. The Labute approximate surface area is 69.4 Å². The fourth-order valence-corrected chi connectivity index (χ4v) is 0.601. The summed E-state index contributed by atoms with van der Waals surface area (Å²) in [6.07, 6.45) is 4.36. The molecule has 64 valence electrons. The van der Waals surface area contributed by atoms with Gasteiger partial charge in [-0.2, -0.15) is 0 Å². The molecule has 1 aromatic heterocycles. The maximum Gasteiger partial charge on any atom is 0.292 e. The van der Waals surface area contributed by atoms with Gasteiger partial charge in [0.15, 0.2) is 0 Å². The molecule has 0 fully saturated rings. The Balaban J connectivity index is 2.34. The van der Waals surface area contributed by atoms with Crippen LogP contribution in [0.3, 0.4) is 0 Å². The second kappa shape index (κ2) is 4.30. The summed E-state index contributed by atoms with van der Waals surface area (Å²) in [5.74, 6) is -0.352. The van der Waals surface area contributed by atoms with Gasteiger partial charge in [-0.15, -0.1) is 6.58 Å². The minimum atomic E-state index is -0.352. The number of carbonyl (C=O) groups excluding carboxylic acids is 1. The molecule has 1 aromatic rings. The highest BCUT2D eigenvalue weighted by molar-refractivity contribution is 5.91. The molecule has 1 heterocycles. The number of carbonyl (C=O) groups is 1. The minimum Gasteiger partial charge on any atom is -0.341 e. The first-order chi connectivity index (χ1) is 5.84. The van der Waals surface area contributed by atoms with Crippen molar-refractivity contribution in [2.45, 2.75) is 0 Å². The van der Waals surface area contributed by atoms with Gasteiger partial charge in [0.05, 0.1) is 19.1 Å². The number of aromatic amines is 1. The summed E-state index contributed by atoms with van der Waals surface area (Å²) in [6, 6.07) is 0. The molecule has 0 bridgehead atoms. The molecule has 0 spiro atoms. The largest absolute Gasteiger partial charge is 0.341 e. The van der Waals surface area contributed by atoms with Crippen LogP contribution in [0.25, 0.3) is 0 Å². The number of H-pyrrole nitrogens is 1. The maximum absolute atomic E-state index is 11.0. The first kappa shape index (κ1) is 8.48. The third-order valence-corrected chi connectivity index (χ3v) is 1.11. The van der Waals surface area contributed by atoms with Crippen molar-refractivity contribution in [3.05, 3.63) is 30.9 Å². The maximum atomic E-state index is 11.0. The van der Waals surface area contributed by atoms with E-state index < -0.39 is 0 Å². The van der Waals surface area contributed by atoms with E-state index in [9.17, 15) is 4.79 Å². The lowest BCUT2D eigenvalue weighted by molar-refractivity contribution is 0.0417. The zero-order valence-corrected chi connectivity index (χ0v) is 6.41. The van der Waals surface area contributed by atoms with Gasteiger partial charge in [-0.05, 0) is 0 Å². The van der Waals surface area contributed by atoms with Gasteiger partial charge in [0.1, 0.15) is 5.69 Å². The Morgan fingerprint density at radius 2 is 2.75 bits per heavy atom. The molecule has 5 heteroatoms. The highest BCUT2D eigenvalue weighted by Crippen LogP contribution is 1.89. The van der Waals surface area contributed by atoms with Crippen molar-refractivity contribution in [1.29, 1.82) is 0 Å². The average molecular weight is 167 g/mol. The van der Waals surface area contributed by atoms with Gasteiger partial charge in [0, 0.05) is 0 Å². The van der Waals surface area contributed by atoms with Gasteiger partial charge in [0.25, 0.3) is 5.91 Å². The van der Waals surface area contributed by atoms with Crippen molar-refractivity contribution >= 4 is 5.91 Å². The molecule has 0 saturated carbocycles. The topological polar surface area (TPSA) is 67.0 Å². The number of hydroxylamine groups is 1. The van der Waals surface area contributed by atoms with E-state index in [0.717, 1.165) is 0 Å². The molecule has 1 rings (SSSR count). The number of imidazole rings is 1. The van der Waals surface area contributed by atoms with Gasteiger partial charge < -0.3 is 4.98 Å². The smallest absolute Gasteiger partial charge is 0.292 e. The zero-order chi connectivity index (χ0) is 8.81. The first-order valence-corrected chi connectivity index (χ1v) is 3.36. The van der Waals surface area contributed by atoms with Crippen LogP contribution >= 0.6 is 0 Å². The average Bonchev–Trinajstić information content (AvgIpc) is 2.56. The first-order valence-electron chi connectivity index (χ1n) is 3.36. The Kier molecular flexibility index (Phi) is 3.04. The molecule has 1 amide bonds. The lowest BCUT2D eigenvalue weighted by Crippen LogP contribution is -2.23. The number of amides is 1. The van der Waals surface area contributed by atoms with E-state index in [1.807, 2.05) is 0 Å². The normalized spacial score (nSPS) is 9.33. The number of hydrogen-bond acceptors (Lipinski definition) is 3. The monoisotopic (exact) mass is 167 g/mol. The van der Waals surface area contributed by atoms with Crippen molar-refractivity contribution < 1.29 is 9.63 Å². The van der Waals surface area contributed by atoms with E-state index in [4.69, 9.17) is 4.84 Å². The summed E-state index contributed by atoms with van der Waals surface area (Å²) in [5.41, 5.74) is 2.56. The van der Waals surface area contributed by atoms with Crippen LogP contribution in [0.4, 0.5) is 0 Å². The van der Waals surface area contributed by atoms with E-state index in [1.54, 1.807) is 0 Å². The van der Waals surface area contributed by atoms with Crippen molar-refractivity contribution in [2.75, 3.05) is 6.61 Å². The molecule has 0 aliphatic carbocycles. The third kappa shape index (κ3) is 2.21. The predicted molar refractivity (Wildman–Crippen MR) is 42.2 cm³/mol. The van der Waals surface area contributed by atoms with Gasteiger partial charge in [-0.1, -0.05) is 6.08 Å². The Hall–Kier alpha value is -1.62. The van der Waals surface area contributed by atoms with E-state index >= 15 is 0 Å². The predicted octanol–water partition coefficient (Wildman–Crippen LogP) is 0.257. The van der Waals surface area contributed by atoms with Crippen molar-refractivity contribution in [2.24, 2.45) is 0 Å². The van der Waals surface area contributed by atoms with E-state index in [2.05, 4.69) is 22.0 Å². The van der Waals surface area contributed by atoms with Gasteiger partial charge in [-0.25, -0.2) is 10.5 Å². The summed E-state index contributed by atoms with van der Waals surface area (Å²) >= 11 is 0. The summed E-state index contributed by atoms with van der Waals surface area (Å²) in [5, 5.41) is 0. The molecule has 0 atom stereocenters. The van der Waals surface area contributed by atoms with Crippen molar-refractivity contribution in [1.82, 2.24) is 15.4 Å². The van der Waals surface area contributed by atoms with Gasteiger partial charge >= 0.3 is 0 Å². The number of nitrogens with zero attached hydrogens (tertiary/aromatic N) is 1. The zero-order valence-electron chi connectivity index (χ0n) is 6.41. The molecule has 0 saturated heterocycles. The molecule has 0 aromatic carbocycles. The van der Waals surface area contributed by atoms with Crippen LogP contribution in [-0.4, -0.2) is 22.5 Å². The van der Waals surface area contributed by atoms with Crippen LogP contribution < -0.4 is 5.48 Å². The number of hydrogen-bond donors (Lipinski definition) is 2. The van der Waals surface area contributed by atoms with Crippen LogP contribution in [0.15, 0.2) is 25.2 Å². The molecule has 0 radical (unpaired) electrons. The van der Waals surface area contributed by atoms with E-state index in [-0.39, 0.29) is 12.5 Å². The van der Waals surface area contributed by atoms with Crippen LogP contribution in [0.1, 0.15) is 10.5 Å². The molecule has 0 aliphatic heterocycles. The Bertz CT molecular complexity index is 256. The standard InChI is InChI=1S/C7H9N3O2/c1-2-3-12-10-7(11)6-4-8-5-9-6/h2,4-5H,1,3H2,(H,8,9)(H,10,11). The van der Waals surface area contributed by atoms with Crippen molar-refractivity contribution in [3.63, 3.8) is 0 Å². The van der Waals surface area contributed by atoms with Crippen LogP contribution in [0.2, 0.25) is 0 Å². The van der Waals surface area contributed by atoms with Gasteiger partial charge in [0.2, 0.25) is 0 Å². The fourth-order valence-electron chi connectivity index (χ4n) is 0.601. The molecule has 2 N–H and O–H groups in total. The third-order valence-electron chi connectivity index (χ3n) is 1.11. The summed E-state index contributed by atoms with van der Waals surface area (Å²) in [7, 11) is 0. The van der Waals surface area contributed by atoms with E-state index in [1.165, 1.54) is 18.6 Å². The summed E-state index contributed by atoms with van der Waals surface area (Å²) < 4.78 is 0. The van der Waals surface area contributed by atoms with Crippen molar-refractivity contribution in [3.8, 4) is 0 Å². The minimum absolute atomic E-state index is 0.278. The molecule has 12 heavy (non-hydrogen) atoms. The molecule has 5 nitrogen and oxygen atoms in total. The van der Waals surface area contributed by atoms with E-state index in [0.29, 0.717) is 5.69 Å². The SMILES string of the molecule is C=CCONC(=O)c1cnc[nH]1. The molecule has 0 unspecified atom stereocenters. The highest BCUT2D eigenvalue weighted by Gasteiger charge is 2.04. The summed E-state index contributed by atoms with van der Waals surface area (Å²) in [4.78, 5) is 22.1. The second-order valence-electron chi connectivity index (χ2n) is 2.00.